The second-order valence-electron chi connectivity index (χ2n) is 8.43. The molecule has 6 heteroatoms. The lowest BCUT2D eigenvalue weighted by Crippen LogP contribution is -2.49. The molecule has 1 fully saturated rings. The maximum Gasteiger partial charge on any atom is 0.265 e. The van der Waals surface area contributed by atoms with Crippen LogP contribution >= 0.6 is 11.8 Å². The zero-order valence-electron chi connectivity index (χ0n) is 17.8. The minimum Gasteiger partial charge on any atom is -0.352 e. The first-order valence-electron chi connectivity index (χ1n) is 10.8. The van der Waals surface area contributed by atoms with Gasteiger partial charge in [-0.3, -0.25) is 14.5 Å². The lowest BCUT2D eigenvalue weighted by molar-refractivity contribution is -0.123. The SMILES string of the molecule is C[C@H]1[C@H](C)CCC[C@@H]1NC(=O)CN1C(=O)/C(=C/c2ccccc2F)Sc2ccccc21. The van der Waals surface area contributed by atoms with Crippen molar-refractivity contribution in [1.82, 2.24) is 5.32 Å². The van der Waals surface area contributed by atoms with Crippen LogP contribution in [0.4, 0.5) is 10.1 Å². The van der Waals surface area contributed by atoms with E-state index in [9.17, 15) is 14.0 Å². The van der Waals surface area contributed by atoms with Gasteiger partial charge in [0.05, 0.1) is 10.6 Å². The minimum absolute atomic E-state index is 0.0530. The van der Waals surface area contributed by atoms with E-state index in [0.717, 1.165) is 17.7 Å². The van der Waals surface area contributed by atoms with Crippen LogP contribution in [0.2, 0.25) is 0 Å². The largest absolute Gasteiger partial charge is 0.352 e. The molecule has 0 saturated heterocycles. The number of hydrogen-bond donors (Lipinski definition) is 1. The number of amides is 2. The highest BCUT2D eigenvalue weighted by Gasteiger charge is 2.33. The molecular weight excluding hydrogens is 411 g/mol. The number of carbonyl (C=O) groups is 2. The van der Waals surface area contributed by atoms with Crippen molar-refractivity contribution >= 4 is 35.3 Å². The fourth-order valence-electron chi connectivity index (χ4n) is 4.33. The molecule has 2 amide bonds. The highest BCUT2D eigenvalue weighted by atomic mass is 32.2. The van der Waals surface area contributed by atoms with E-state index in [0.29, 0.717) is 28.0 Å². The molecule has 31 heavy (non-hydrogen) atoms. The maximum absolute atomic E-state index is 14.2. The summed E-state index contributed by atoms with van der Waals surface area (Å²) < 4.78 is 14.2. The molecule has 1 saturated carbocycles. The number of rotatable bonds is 4. The number of nitrogens with one attached hydrogen (secondary N) is 1. The van der Waals surface area contributed by atoms with Crippen molar-refractivity contribution in [2.45, 2.75) is 44.0 Å². The summed E-state index contributed by atoms with van der Waals surface area (Å²) >= 11 is 1.31. The molecule has 1 N–H and O–H groups in total. The second-order valence-corrected chi connectivity index (χ2v) is 9.52. The Labute approximate surface area is 186 Å². The molecule has 0 spiro atoms. The summed E-state index contributed by atoms with van der Waals surface area (Å²) in [4.78, 5) is 29.0. The van der Waals surface area contributed by atoms with Crippen LogP contribution in [0.15, 0.2) is 58.3 Å². The highest BCUT2D eigenvalue weighted by Crippen LogP contribution is 2.42. The maximum atomic E-state index is 14.2. The Bertz CT molecular complexity index is 1020. The molecule has 162 valence electrons. The molecule has 2 aromatic rings. The monoisotopic (exact) mass is 438 g/mol. The van der Waals surface area contributed by atoms with Gasteiger partial charge in [-0.25, -0.2) is 4.39 Å². The van der Waals surface area contributed by atoms with Crippen LogP contribution in [0.1, 0.15) is 38.7 Å². The van der Waals surface area contributed by atoms with Gasteiger partial charge in [0, 0.05) is 16.5 Å². The van der Waals surface area contributed by atoms with Crippen LogP contribution in [-0.4, -0.2) is 24.4 Å². The molecule has 4 rings (SSSR count). The van der Waals surface area contributed by atoms with E-state index in [1.165, 1.54) is 29.1 Å². The van der Waals surface area contributed by atoms with E-state index in [2.05, 4.69) is 19.2 Å². The highest BCUT2D eigenvalue weighted by molar-refractivity contribution is 8.04. The number of nitrogens with zero attached hydrogens (tertiary/aromatic N) is 1. The van der Waals surface area contributed by atoms with E-state index in [-0.39, 0.29) is 30.2 Å². The van der Waals surface area contributed by atoms with Crippen molar-refractivity contribution in [2.75, 3.05) is 11.4 Å². The molecule has 1 aliphatic carbocycles. The molecule has 0 radical (unpaired) electrons. The fraction of sp³-hybridized carbons (Fsp3) is 0.360. The van der Waals surface area contributed by atoms with Crippen LogP contribution in [0.25, 0.3) is 6.08 Å². The summed E-state index contributed by atoms with van der Waals surface area (Å²) in [7, 11) is 0. The molecule has 1 aliphatic heterocycles. The summed E-state index contributed by atoms with van der Waals surface area (Å²) in [6.45, 7) is 4.36. The molecule has 3 atom stereocenters. The molecule has 0 bridgehead atoms. The zero-order chi connectivity index (χ0) is 22.0. The Morgan fingerprint density at radius 1 is 1.16 bits per heavy atom. The molecule has 2 aromatic carbocycles. The normalized spacial score (nSPS) is 24.7. The van der Waals surface area contributed by atoms with E-state index in [4.69, 9.17) is 0 Å². The Balaban J connectivity index is 1.58. The van der Waals surface area contributed by atoms with Crippen molar-refractivity contribution in [1.29, 1.82) is 0 Å². The van der Waals surface area contributed by atoms with Gasteiger partial charge in [0.1, 0.15) is 12.4 Å². The van der Waals surface area contributed by atoms with Crippen LogP contribution in [0, 0.1) is 17.7 Å². The average Bonchev–Trinajstić information content (AvgIpc) is 2.76. The number of halogens is 1. The molecule has 0 aromatic heterocycles. The van der Waals surface area contributed by atoms with Gasteiger partial charge in [0.15, 0.2) is 0 Å². The number of benzene rings is 2. The number of thioether (sulfide) groups is 1. The van der Waals surface area contributed by atoms with Crippen LogP contribution < -0.4 is 10.2 Å². The number of carbonyl (C=O) groups excluding carboxylic acids is 2. The second kappa shape index (κ2) is 9.27. The topological polar surface area (TPSA) is 49.4 Å². The van der Waals surface area contributed by atoms with Gasteiger partial charge in [-0.15, -0.1) is 0 Å². The summed E-state index contributed by atoms with van der Waals surface area (Å²) in [6, 6.07) is 14.0. The number of fused-ring (bicyclic) bond motifs is 1. The van der Waals surface area contributed by atoms with Gasteiger partial charge in [0.2, 0.25) is 5.91 Å². The van der Waals surface area contributed by atoms with Gasteiger partial charge < -0.3 is 5.32 Å². The third-order valence-electron chi connectivity index (χ3n) is 6.38. The summed E-state index contributed by atoms with van der Waals surface area (Å²) in [6.07, 6.45) is 4.82. The predicted octanol–water partition coefficient (Wildman–Crippen LogP) is 5.25. The molecule has 4 nitrogen and oxygen atoms in total. The van der Waals surface area contributed by atoms with E-state index < -0.39 is 0 Å². The lowest BCUT2D eigenvalue weighted by atomic mass is 9.78. The summed E-state index contributed by atoms with van der Waals surface area (Å²) in [5.74, 6) is 0.155. The van der Waals surface area contributed by atoms with E-state index >= 15 is 0 Å². The molecule has 2 aliphatic rings. The third-order valence-corrected chi connectivity index (χ3v) is 7.46. The zero-order valence-corrected chi connectivity index (χ0v) is 18.6. The Morgan fingerprint density at radius 2 is 1.90 bits per heavy atom. The predicted molar refractivity (Wildman–Crippen MR) is 123 cm³/mol. The minimum atomic E-state index is -0.382. The van der Waals surface area contributed by atoms with Crippen molar-refractivity contribution in [3.05, 3.63) is 64.8 Å². The quantitative estimate of drug-likeness (QED) is 0.664. The van der Waals surface area contributed by atoms with E-state index in [1.54, 1.807) is 24.3 Å². The van der Waals surface area contributed by atoms with Crippen molar-refractivity contribution in [3.8, 4) is 0 Å². The molecular formula is C25H27FN2O2S. The first kappa shape index (κ1) is 21.6. The van der Waals surface area contributed by atoms with E-state index in [1.807, 2.05) is 24.3 Å². The Kier molecular flexibility index (Phi) is 6.46. The van der Waals surface area contributed by atoms with Crippen LogP contribution in [-0.2, 0) is 9.59 Å². The van der Waals surface area contributed by atoms with Gasteiger partial charge >= 0.3 is 0 Å². The van der Waals surface area contributed by atoms with Gasteiger partial charge in [-0.1, -0.05) is 68.8 Å². The van der Waals surface area contributed by atoms with Gasteiger partial charge in [-0.2, -0.15) is 0 Å². The third kappa shape index (κ3) is 4.69. The van der Waals surface area contributed by atoms with Gasteiger partial charge in [0.25, 0.3) is 5.91 Å². The molecule has 1 heterocycles. The lowest BCUT2D eigenvalue weighted by Gasteiger charge is -2.35. The standard InChI is InChI=1S/C25H27FN2O2S/c1-16-8-7-11-20(17(16)2)27-24(29)15-28-21-12-5-6-13-22(21)31-23(25(28)30)14-18-9-3-4-10-19(18)26/h3-6,9-10,12-14,16-17,20H,7-8,11,15H2,1-2H3,(H,27,29)/b23-14-/t16-,17+,20+/m1/s1. The number of anilines is 1. The Hall–Kier alpha value is -2.60. The number of hydrogen-bond acceptors (Lipinski definition) is 3. The summed E-state index contributed by atoms with van der Waals surface area (Å²) in [5, 5.41) is 3.15. The molecule has 0 unspecified atom stereocenters. The first-order chi connectivity index (χ1) is 14.9. The average molecular weight is 439 g/mol. The first-order valence-corrected chi connectivity index (χ1v) is 11.6. The van der Waals surface area contributed by atoms with Crippen molar-refractivity contribution in [3.63, 3.8) is 0 Å². The Morgan fingerprint density at radius 3 is 2.71 bits per heavy atom. The van der Waals surface area contributed by atoms with Gasteiger partial charge in [-0.05, 0) is 42.5 Å². The summed E-state index contributed by atoms with van der Waals surface area (Å²) in [5.41, 5.74) is 1.07. The number of para-hydroxylation sites is 1. The van der Waals surface area contributed by atoms with Crippen LogP contribution in [0.5, 0.6) is 0 Å². The smallest absolute Gasteiger partial charge is 0.265 e. The van der Waals surface area contributed by atoms with Crippen molar-refractivity contribution in [2.24, 2.45) is 11.8 Å². The van der Waals surface area contributed by atoms with Crippen LogP contribution in [0.3, 0.4) is 0 Å². The fourth-order valence-corrected chi connectivity index (χ4v) is 5.38. The van der Waals surface area contributed by atoms with Crippen molar-refractivity contribution < 1.29 is 14.0 Å².